The van der Waals surface area contributed by atoms with E-state index in [4.69, 9.17) is 0 Å². The summed E-state index contributed by atoms with van der Waals surface area (Å²) in [5, 5.41) is 0. The molecule has 0 N–H and O–H groups in total. The molecule has 0 heterocycles. The minimum absolute atomic E-state index is 0.627. The Bertz CT molecular complexity index is 565. The molecular weight excluding hydrogens is 276 g/mol. The summed E-state index contributed by atoms with van der Waals surface area (Å²) in [5.41, 5.74) is 6.04. The average molecular weight is 306 g/mol. The van der Waals surface area contributed by atoms with Crippen molar-refractivity contribution < 1.29 is 0 Å². The van der Waals surface area contributed by atoms with Gasteiger partial charge in [0.15, 0.2) is 0 Å². The van der Waals surface area contributed by atoms with E-state index >= 15 is 0 Å². The van der Waals surface area contributed by atoms with E-state index in [1.165, 1.54) is 68.9 Å². The fourth-order valence-corrected chi connectivity index (χ4v) is 4.05. The van der Waals surface area contributed by atoms with Gasteiger partial charge in [-0.3, -0.25) is 0 Å². The van der Waals surface area contributed by atoms with Gasteiger partial charge in [-0.15, -0.1) is 0 Å². The molecule has 0 aromatic heterocycles. The first-order valence-electron chi connectivity index (χ1n) is 9.60. The van der Waals surface area contributed by atoms with Crippen molar-refractivity contribution in [2.75, 3.05) is 0 Å². The zero-order valence-corrected chi connectivity index (χ0v) is 14.6. The van der Waals surface area contributed by atoms with Crippen LogP contribution >= 0.6 is 0 Å². The van der Waals surface area contributed by atoms with E-state index < -0.39 is 0 Å². The normalized spacial score (nSPS) is 13.1. The smallest absolute Gasteiger partial charge is 0.0102 e. The molecule has 0 amide bonds. The van der Waals surface area contributed by atoms with Gasteiger partial charge in [0.25, 0.3) is 0 Å². The lowest BCUT2D eigenvalue weighted by Crippen LogP contribution is -1.96. The average Bonchev–Trinajstić information content (AvgIpc) is 2.92. The van der Waals surface area contributed by atoms with Gasteiger partial charge in [-0.2, -0.15) is 0 Å². The van der Waals surface area contributed by atoms with Gasteiger partial charge in [-0.25, -0.2) is 0 Å². The van der Waals surface area contributed by atoms with Crippen molar-refractivity contribution in [3.8, 4) is 11.1 Å². The van der Waals surface area contributed by atoms with Crippen LogP contribution in [0.2, 0.25) is 0 Å². The molecule has 23 heavy (non-hydrogen) atoms. The van der Waals surface area contributed by atoms with Crippen LogP contribution in [-0.4, -0.2) is 0 Å². The van der Waals surface area contributed by atoms with Crippen molar-refractivity contribution >= 4 is 0 Å². The fourth-order valence-electron chi connectivity index (χ4n) is 4.05. The van der Waals surface area contributed by atoms with Gasteiger partial charge >= 0.3 is 0 Å². The molecule has 0 aliphatic heterocycles. The second-order valence-corrected chi connectivity index (χ2v) is 6.99. The SMILES string of the molecule is CCCCCCCCCCC1c2ccccc2-c2ccccc21. The maximum absolute atomic E-state index is 2.34. The highest BCUT2D eigenvalue weighted by molar-refractivity contribution is 5.78. The second kappa shape index (κ2) is 8.34. The molecule has 0 bridgehead atoms. The van der Waals surface area contributed by atoms with Crippen LogP contribution < -0.4 is 0 Å². The summed E-state index contributed by atoms with van der Waals surface area (Å²) < 4.78 is 0. The highest BCUT2D eigenvalue weighted by atomic mass is 14.3. The zero-order valence-electron chi connectivity index (χ0n) is 14.6. The number of rotatable bonds is 9. The molecule has 0 saturated carbocycles. The lowest BCUT2D eigenvalue weighted by atomic mass is 9.91. The lowest BCUT2D eigenvalue weighted by Gasteiger charge is -2.13. The number of hydrogen-bond acceptors (Lipinski definition) is 0. The summed E-state index contributed by atoms with van der Waals surface area (Å²) in [6, 6.07) is 18.0. The van der Waals surface area contributed by atoms with Crippen LogP contribution in [0.25, 0.3) is 11.1 Å². The molecule has 0 spiro atoms. The predicted octanol–water partition coefficient (Wildman–Crippen LogP) is 7.33. The van der Waals surface area contributed by atoms with Crippen LogP contribution in [0, 0.1) is 0 Å². The largest absolute Gasteiger partial charge is 0.0654 e. The van der Waals surface area contributed by atoms with Crippen molar-refractivity contribution in [1.82, 2.24) is 0 Å². The predicted molar refractivity (Wildman–Crippen MR) is 101 cm³/mol. The summed E-state index contributed by atoms with van der Waals surface area (Å²) in [6.45, 7) is 2.29. The molecule has 2 aromatic rings. The quantitative estimate of drug-likeness (QED) is 0.425. The first-order valence-corrected chi connectivity index (χ1v) is 9.60. The number of fused-ring (bicyclic) bond motifs is 3. The Kier molecular flexibility index (Phi) is 5.91. The minimum atomic E-state index is 0.627. The molecular formula is C23H30. The molecule has 0 heteroatoms. The van der Waals surface area contributed by atoms with E-state index in [0.29, 0.717) is 5.92 Å². The van der Waals surface area contributed by atoms with Crippen molar-refractivity contribution in [3.05, 3.63) is 59.7 Å². The Hall–Kier alpha value is -1.56. The van der Waals surface area contributed by atoms with Gasteiger partial charge in [0.05, 0.1) is 0 Å². The summed E-state index contributed by atoms with van der Waals surface area (Å²) >= 11 is 0. The van der Waals surface area contributed by atoms with Crippen molar-refractivity contribution in [2.24, 2.45) is 0 Å². The molecule has 0 unspecified atom stereocenters. The van der Waals surface area contributed by atoms with E-state index in [1.807, 2.05) is 0 Å². The van der Waals surface area contributed by atoms with E-state index in [1.54, 1.807) is 11.1 Å². The van der Waals surface area contributed by atoms with Crippen LogP contribution in [0.3, 0.4) is 0 Å². The Morgan fingerprint density at radius 1 is 0.609 bits per heavy atom. The molecule has 0 atom stereocenters. The van der Waals surface area contributed by atoms with Gasteiger partial charge in [0, 0.05) is 5.92 Å². The molecule has 2 aromatic carbocycles. The third-order valence-electron chi connectivity index (χ3n) is 5.31. The summed E-state index contributed by atoms with van der Waals surface area (Å²) in [7, 11) is 0. The van der Waals surface area contributed by atoms with Crippen LogP contribution in [0.5, 0.6) is 0 Å². The molecule has 0 fully saturated rings. The Morgan fingerprint density at radius 2 is 1.09 bits per heavy atom. The van der Waals surface area contributed by atoms with Crippen LogP contribution in [-0.2, 0) is 0 Å². The van der Waals surface area contributed by atoms with Crippen LogP contribution in [0.4, 0.5) is 0 Å². The fraction of sp³-hybridized carbons (Fsp3) is 0.478. The third kappa shape index (κ3) is 3.86. The Labute approximate surface area is 141 Å². The number of benzene rings is 2. The van der Waals surface area contributed by atoms with Gasteiger partial charge in [0.2, 0.25) is 0 Å². The molecule has 1 aliphatic carbocycles. The number of unbranched alkanes of at least 4 members (excludes halogenated alkanes) is 7. The van der Waals surface area contributed by atoms with E-state index in [9.17, 15) is 0 Å². The standard InChI is InChI=1S/C23H30/c1-2-3-4-5-6-7-8-9-14-19-20-15-10-12-17-22(20)23-18-13-11-16-21(19)23/h10-13,15-19H,2-9,14H2,1H3. The molecule has 3 rings (SSSR count). The van der Waals surface area contributed by atoms with Crippen LogP contribution in [0.15, 0.2) is 48.5 Å². The van der Waals surface area contributed by atoms with Gasteiger partial charge < -0.3 is 0 Å². The Morgan fingerprint density at radius 3 is 1.65 bits per heavy atom. The minimum Gasteiger partial charge on any atom is -0.0654 e. The molecule has 0 nitrogen and oxygen atoms in total. The van der Waals surface area contributed by atoms with Crippen molar-refractivity contribution in [3.63, 3.8) is 0 Å². The second-order valence-electron chi connectivity index (χ2n) is 6.99. The van der Waals surface area contributed by atoms with E-state index in [2.05, 4.69) is 55.5 Å². The summed E-state index contributed by atoms with van der Waals surface area (Å²) in [5.74, 6) is 0.627. The van der Waals surface area contributed by atoms with Gasteiger partial charge in [-0.05, 0) is 28.7 Å². The van der Waals surface area contributed by atoms with Crippen molar-refractivity contribution in [2.45, 2.75) is 70.6 Å². The lowest BCUT2D eigenvalue weighted by molar-refractivity contribution is 0.553. The van der Waals surface area contributed by atoms with E-state index in [0.717, 1.165) is 0 Å². The number of hydrogen-bond donors (Lipinski definition) is 0. The van der Waals surface area contributed by atoms with E-state index in [-0.39, 0.29) is 0 Å². The maximum Gasteiger partial charge on any atom is 0.0102 e. The molecule has 0 radical (unpaired) electrons. The Balaban J connectivity index is 1.52. The third-order valence-corrected chi connectivity index (χ3v) is 5.31. The zero-order chi connectivity index (χ0) is 15.9. The first kappa shape index (κ1) is 16.3. The summed E-state index contributed by atoms with van der Waals surface area (Å²) in [4.78, 5) is 0. The maximum atomic E-state index is 2.34. The monoisotopic (exact) mass is 306 g/mol. The molecule has 122 valence electrons. The highest BCUT2D eigenvalue weighted by Crippen LogP contribution is 2.46. The van der Waals surface area contributed by atoms with Crippen molar-refractivity contribution in [1.29, 1.82) is 0 Å². The van der Waals surface area contributed by atoms with Crippen LogP contribution in [0.1, 0.15) is 81.8 Å². The topological polar surface area (TPSA) is 0 Å². The van der Waals surface area contributed by atoms with Gasteiger partial charge in [-0.1, -0.05) is 107 Å². The first-order chi connectivity index (χ1) is 11.4. The van der Waals surface area contributed by atoms with Gasteiger partial charge in [0.1, 0.15) is 0 Å². The summed E-state index contributed by atoms with van der Waals surface area (Å²) in [6.07, 6.45) is 12.5. The molecule has 0 saturated heterocycles. The highest BCUT2D eigenvalue weighted by Gasteiger charge is 2.27. The molecule has 1 aliphatic rings.